The van der Waals surface area contributed by atoms with E-state index in [4.69, 9.17) is 10.5 Å². The fraction of sp³-hybridized carbons (Fsp3) is 0.167. The van der Waals surface area contributed by atoms with E-state index in [1.807, 2.05) is 67.5 Å². The maximum absolute atomic E-state index is 9.54. The Morgan fingerprint density at radius 2 is 1.86 bits per heavy atom. The second-order valence-electron chi connectivity index (χ2n) is 5.11. The second-order valence-corrected chi connectivity index (χ2v) is 5.11. The molecule has 0 unspecified atom stereocenters. The van der Waals surface area contributed by atoms with Gasteiger partial charge in [-0.1, -0.05) is 12.1 Å². The molecule has 0 saturated carbocycles. The van der Waals surface area contributed by atoms with Gasteiger partial charge in [-0.15, -0.1) is 0 Å². The summed E-state index contributed by atoms with van der Waals surface area (Å²) >= 11 is 0. The maximum Gasteiger partial charge on any atom is 0.120 e. The van der Waals surface area contributed by atoms with Gasteiger partial charge in [0.25, 0.3) is 0 Å². The molecule has 2 N–H and O–H groups in total. The van der Waals surface area contributed by atoms with Gasteiger partial charge in [-0.3, -0.25) is 0 Å². The van der Waals surface area contributed by atoms with Crippen LogP contribution in [-0.4, -0.2) is 21.2 Å². The molecule has 22 heavy (non-hydrogen) atoms. The molecule has 0 aromatic heterocycles. The number of methoxy groups -OCH3 is 1. The van der Waals surface area contributed by atoms with Crippen molar-refractivity contribution in [2.75, 3.05) is 31.8 Å². The van der Waals surface area contributed by atoms with Crippen molar-refractivity contribution in [1.29, 1.82) is 5.26 Å². The van der Waals surface area contributed by atoms with Gasteiger partial charge >= 0.3 is 0 Å². The van der Waals surface area contributed by atoms with Crippen molar-refractivity contribution in [3.8, 4) is 11.8 Å². The Kier molecular flexibility index (Phi) is 4.70. The molecule has 0 bridgehead atoms. The molecule has 0 amide bonds. The number of benzene rings is 2. The van der Waals surface area contributed by atoms with Crippen LogP contribution in [0, 0.1) is 11.3 Å². The summed E-state index contributed by atoms with van der Waals surface area (Å²) in [6, 6.07) is 15.4. The van der Waals surface area contributed by atoms with Gasteiger partial charge in [-0.05, 0) is 35.9 Å². The number of ether oxygens (including phenoxy) is 1. The average Bonchev–Trinajstić information content (AvgIpc) is 2.53. The van der Waals surface area contributed by atoms with Gasteiger partial charge in [0.1, 0.15) is 5.75 Å². The van der Waals surface area contributed by atoms with Gasteiger partial charge in [0.05, 0.1) is 18.8 Å². The van der Waals surface area contributed by atoms with Crippen LogP contribution in [0.3, 0.4) is 0 Å². The molecule has 0 spiro atoms. The third kappa shape index (κ3) is 3.39. The van der Waals surface area contributed by atoms with E-state index in [1.165, 1.54) is 0 Å². The molecule has 2 aromatic rings. The molecule has 0 radical (unpaired) electrons. The topological polar surface area (TPSA) is 62.3 Å². The number of nitrogen functional groups attached to an aromatic ring is 1. The number of nitriles is 1. The number of rotatable bonds is 4. The van der Waals surface area contributed by atoms with Crippen molar-refractivity contribution >= 4 is 23.0 Å². The lowest BCUT2D eigenvalue weighted by Crippen LogP contribution is -2.11. The van der Waals surface area contributed by atoms with E-state index in [1.54, 1.807) is 7.11 Å². The number of anilines is 2. The maximum atomic E-state index is 9.54. The van der Waals surface area contributed by atoms with Crippen molar-refractivity contribution in [3.05, 3.63) is 53.6 Å². The number of hydrogen-bond donors (Lipinski definition) is 1. The molecule has 0 aliphatic carbocycles. The molecular formula is C18H19N3O. The molecule has 112 valence electrons. The minimum atomic E-state index is 0.594. The van der Waals surface area contributed by atoms with Gasteiger partial charge in [0.2, 0.25) is 0 Å². The minimum absolute atomic E-state index is 0.594. The van der Waals surface area contributed by atoms with E-state index in [2.05, 4.69) is 6.07 Å². The van der Waals surface area contributed by atoms with Crippen molar-refractivity contribution in [2.45, 2.75) is 0 Å². The lowest BCUT2D eigenvalue weighted by Gasteiger charge is -2.18. The number of nitrogens with zero attached hydrogens (tertiary/aromatic N) is 2. The van der Waals surface area contributed by atoms with Gasteiger partial charge in [-0.25, -0.2) is 0 Å². The van der Waals surface area contributed by atoms with Crippen molar-refractivity contribution in [3.63, 3.8) is 0 Å². The van der Waals surface area contributed by atoms with Crippen LogP contribution in [0.15, 0.2) is 42.5 Å². The first-order chi connectivity index (χ1) is 10.5. The molecule has 0 atom stereocenters. The highest BCUT2D eigenvalue weighted by atomic mass is 16.5. The monoisotopic (exact) mass is 293 g/mol. The number of allylic oxidation sites excluding steroid dienone is 1. The lowest BCUT2D eigenvalue weighted by molar-refractivity contribution is 0.415. The highest BCUT2D eigenvalue weighted by molar-refractivity contribution is 5.94. The van der Waals surface area contributed by atoms with Crippen LogP contribution >= 0.6 is 0 Å². The molecule has 0 heterocycles. The minimum Gasteiger partial charge on any atom is -0.497 e. The van der Waals surface area contributed by atoms with E-state index >= 15 is 0 Å². The molecule has 4 nitrogen and oxygen atoms in total. The standard InChI is InChI=1S/C18H19N3O/c1-21(2)18-11-16(22-3)8-9-17(18)14(12-19)10-13-4-6-15(20)7-5-13/h4-11H,20H2,1-3H3/b14-10+. The zero-order valence-electron chi connectivity index (χ0n) is 13.0. The molecule has 2 rings (SSSR count). The zero-order chi connectivity index (χ0) is 16.1. The number of hydrogen-bond acceptors (Lipinski definition) is 4. The molecule has 0 aliphatic rings. The van der Waals surface area contributed by atoms with E-state index < -0.39 is 0 Å². The van der Waals surface area contributed by atoms with Crippen LogP contribution in [0.4, 0.5) is 11.4 Å². The van der Waals surface area contributed by atoms with Crippen molar-refractivity contribution in [2.24, 2.45) is 0 Å². The van der Waals surface area contributed by atoms with Crippen molar-refractivity contribution in [1.82, 2.24) is 0 Å². The van der Waals surface area contributed by atoms with E-state index in [9.17, 15) is 5.26 Å². The van der Waals surface area contributed by atoms with Crippen LogP contribution in [0.2, 0.25) is 0 Å². The summed E-state index contributed by atoms with van der Waals surface area (Å²) in [7, 11) is 5.51. The average molecular weight is 293 g/mol. The predicted octanol–water partition coefficient (Wildman–Crippen LogP) is 3.41. The van der Waals surface area contributed by atoms with Gasteiger partial charge in [0, 0.05) is 37.1 Å². The smallest absolute Gasteiger partial charge is 0.120 e. The predicted molar refractivity (Wildman–Crippen MR) is 91.7 cm³/mol. The quantitative estimate of drug-likeness (QED) is 0.533. The summed E-state index contributed by atoms with van der Waals surface area (Å²) in [5.41, 5.74) is 9.72. The third-order valence-electron chi connectivity index (χ3n) is 3.34. The SMILES string of the molecule is COc1ccc(/C(C#N)=C/c2ccc(N)cc2)c(N(C)C)c1. The third-order valence-corrected chi connectivity index (χ3v) is 3.34. The summed E-state index contributed by atoms with van der Waals surface area (Å²) < 4.78 is 5.26. The first kappa shape index (κ1) is 15.5. The van der Waals surface area contributed by atoms with Crippen LogP contribution in [0.1, 0.15) is 11.1 Å². The van der Waals surface area contributed by atoms with Crippen LogP contribution in [-0.2, 0) is 0 Å². The summed E-state index contributed by atoms with van der Waals surface area (Å²) in [5.74, 6) is 0.761. The van der Waals surface area contributed by atoms with E-state index in [0.29, 0.717) is 11.3 Å². The molecule has 4 heteroatoms. The molecule has 0 fully saturated rings. The van der Waals surface area contributed by atoms with E-state index in [0.717, 1.165) is 22.6 Å². The largest absolute Gasteiger partial charge is 0.497 e. The fourth-order valence-electron chi connectivity index (χ4n) is 2.17. The molecular weight excluding hydrogens is 274 g/mol. The lowest BCUT2D eigenvalue weighted by atomic mass is 10.0. The normalized spacial score (nSPS) is 10.9. The molecule has 2 aromatic carbocycles. The van der Waals surface area contributed by atoms with Crippen LogP contribution < -0.4 is 15.4 Å². The molecule has 0 saturated heterocycles. The highest BCUT2D eigenvalue weighted by Gasteiger charge is 2.11. The number of nitrogens with two attached hydrogens (primary N) is 1. The molecule has 0 aliphatic heterocycles. The Labute approximate surface area is 131 Å². The van der Waals surface area contributed by atoms with Crippen LogP contribution in [0.25, 0.3) is 11.6 Å². The Balaban J connectivity index is 2.51. The summed E-state index contributed by atoms with van der Waals surface area (Å²) in [4.78, 5) is 1.96. The Hall–Kier alpha value is -2.93. The fourth-order valence-corrected chi connectivity index (χ4v) is 2.17. The van der Waals surface area contributed by atoms with Crippen molar-refractivity contribution < 1.29 is 4.74 Å². The first-order valence-electron chi connectivity index (χ1n) is 6.88. The Morgan fingerprint density at radius 1 is 1.18 bits per heavy atom. The highest BCUT2D eigenvalue weighted by Crippen LogP contribution is 2.31. The van der Waals surface area contributed by atoms with Crippen LogP contribution in [0.5, 0.6) is 5.75 Å². The summed E-state index contributed by atoms with van der Waals surface area (Å²) in [6.07, 6.45) is 1.86. The second kappa shape index (κ2) is 6.68. The van der Waals surface area contributed by atoms with Gasteiger partial charge in [-0.2, -0.15) is 5.26 Å². The first-order valence-corrected chi connectivity index (χ1v) is 6.88. The van der Waals surface area contributed by atoms with Gasteiger partial charge < -0.3 is 15.4 Å². The summed E-state index contributed by atoms with van der Waals surface area (Å²) in [5, 5.41) is 9.54. The van der Waals surface area contributed by atoms with Gasteiger partial charge in [0.15, 0.2) is 0 Å². The Bertz CT molecular complexity index is 725. The van der Waals surface area contributed by atoms with E-state index in [-0.39, 0.29) is 0 Å². The summed E-state index contributed by atoms with van der Waals surface area (Å²) in [6.45, 7) is 0. The zero-order valence-corrected chi connectivity index (χ0v) is 13.0. The Morgan fingerprint density at radius 3 is 2.41 bits per heavy atom.